The first kappa shape index (κ1) is 18.7. The Kier molecular flexibility index (Phi) is 6.46. The number of benzene rings is 1. The summed E-state index contributed by atoms with van der Waals surface area (Å²) in [5, 5.41) is 3.14. The van der Waals surface area contributed by atoms with Gasteiger partial charge in [-0.2, -0.15) is 0 Å². The topological polar surface area (TPSA) is 54.9 Å². The number of nitrogens with zero attached hydrogens (tertiary/aromatic N) is 3. The Labute approximate surface area is 158 Å². The molecule has 7 heteroatoms. The van der Waals surface area contributed by atoms with Gasteiger partial charge in [0, 0.05) is 43.7 Å². The van der Waals surface area contributed by atoms with Gasteiger partial charge in [0.15, 0.2) is 0 Å². The van der Waals surface area contributed by atoms with Crippen LogP contribution in [0.25, 0.3) is 10.6 Å². The summed E-state index contributed by atoms with van der Waals surface area (Å²) in [5.74, 6) is 0.882. The van der Waals surface area contributed by atoms with Gasteiger partial charge in [0.05, 0.1) is 18.9 Å². The van der Waals surface area contributed by atoms with E-state index in [0.29, 0.717) is 26.3 Å². The number of piperazine rings is 1. The Morgan fingerprint density at radius 2 is 1.85 bits per heavy atom. The summed E-state index contributed by atoms with van der Waals surface area (Å²) in [6.07, 6.45) is -0.210. The number of ether oxygens (including phenoxy) is 2. The number of carbonyl (C=O) groups excluding carboxylic acids is 1. The fraction of sp³-hybridized carbons (Fsp3) is 0.474. The number of thiazole rings is 1. The van der Waals surface area contributed by atoms with Crippen LogP contribution < -0.4 is 4.74 Å². The molecule has 1 amide bonds. The van der Waals surface area contributed by atoms with E-state index in [1.165, 1.54) is 0 Å². The van der Waals surface area contributed by atoms with Gasteiger partial charge in [0.1, 0.15) is 10.8 Å². The molecule has 0 spiro atoms. The molecule has 2 heterocycles. The van der Waals surface area contributed by atoms with Crippen molar-refractivity contribution in [1.29, 1.82) is 0 Å². The first-order chi connectivity index (χ1) is 12.7. The smallest absolute Gasteiger partial charge is 0.409 e. The van der Waals surface area contributed by atoms with Crippen LogP contribution >= 0.6 is 11.3 Å². The predicted octanol–water partition coefficient (Wildman–Crippen LogP) is 3.48. The number of amides is 1. The van der Waals surface area contributed by atoms with E-state index in [4.69, 9.17) is 14.5 Å². The monoisotopic (exact) mass is 375 g/mol. The molecule has 2 aromatic rings. The van der Waals surface area contributed by atoms with Gasteiger partial charge >= 0.3 is 6.09 Å². The SMILES string of the molecule is CCOC(=O)N1CCN(Cc2csc(-c3ccc(OCC)cc3)n2)CC1. The van der Waals surface area contributed by atoms with E-state index < -0.39 is 0 Å². The zero-order valence-corrected chi connectivity index (χ0v) is 16.1. The molecule has 26 heavy (non-hydrogen) atoms. The second-order valence-corrected chi connectivity index (χ2v) is 6.92. The average Bonchev–Trinajstić information content (AvgIpc) is 3.12. The van der Waals surface area contributed by atoms with E-state index in [1.54, 1.807) is 16.2 Å². The summed E-state index contributed by atoms with van der Waals surface area (Å²) in [6, 6.07) is 8.06. The molecule has 0 N–H and O–H groups in total. The molecule has 1 aromatic carbocycles. The van der Waals surface area contributed by atoms with Gasteiger partial charge in [-0.25, -0.2) is 9.78 Å². The van der Waals surface area contributed by atoms with Crippen molar-refractivity contribution in [2.75, 3.05) is 39.4 Å². The van der Waals surface area contributed by atoms with Crippen LogP contribution in [0.3, 0.4) is 0 Å². The van der Waals surface area contributed by atoms with E-state index in [2.05, 4.69) is 10.3 Å². The number of hydrogen-bond donors (Lipinski definition) is 0. The van der Waals surface area contributed by atoms with Crippen LogP contribution in [-0.2, 0) is 11.3 Å². The average molecular weight is 375 g/mol. The summed E-state index contributed by atoms with van der Waals surface area (Å²) in [5.41, 5.74) is 2.18. The Morgan fingerprint density at radius 3 is 2.50 bits per heavy atom. The molecule has 1 aliphatic rings. The highest BCUT2D eigenvalue weighted by molar-refractivity contribution is 7.13. The molecule has 0 unspecified atom stereocenters. The van der Waals surface area contributed by atoms with E-state index >= 15 is 0 Å². The molecule has 0 atom stereocenters. The lowest BCUT2D eigenvalue weighted by molar-refractivity contribution is 0.0776. The first-order valence-corrected chi connectivity index (χ1v) is 9.89. The Morgan fingerprint density at radius 1 is 1.12 bits per heavy atom. The van der Waals surface area contributed by atoms with Crippen LogP contribution in [0.4, 0.5) is 4.79 Å². The first-order valence-electron chi connectivity index (χ1n) is 9.01. The zero-order chi connectivity index (χ0) is 18.4. The predicted molar refractivity (Wildman–Crippen MR) is 103 cm³/mol. The quantitative estimate of drug-likeness (QED) is 0.774. The molecule has 0 aliphatic carbocycles. The number of hydrogen-bond acceptors (Lipinski definition) is 6. The van der Waals surface area contributed by atoms with Crippen LogP contribution in [0.5, 0.6) is 5.75 Å². The summed E-state index contributed by atoms with van der Waals surface area (Å²) in [6.45, 7) is 8.80. The maximum absolute atomic E-state index is 11.8. The number of aromatic nitrogens is 1. The van der Waals surface area contributed by atoms with Crippen molar-refractivity contribution >= 4 is 17.4 Å². The lowest BCUT2D eigenvalue weighted by Crippen LogP contribution is -2.48. The summed E-state index contributed by atoms with van der Waals surface area (Å²) in [4.78, 5) is 20.6. The summed E-state index contributed by atoms with van der Waals surface area (Å²) >= 11 is 1.66. The van der Waals surface area contributed by atoms with Gasteiger partial charge in [-0.05, 0) is 38.1 Å². The number of carbonyl (C=O) groups is 1. The molecule has 0 bridgehead atoms. The maximum Gasteiger partial charge on any atom is 0.409 e. The summed E-state index contributed by atoms with van der Waals surface area (Å²) in [7, 11) is 0. The minimum Gasteiger partial charge on any atom is -0.494 e. The third kappa shape index (κ3) is 4.74. The van der Waals surface area contributed by atoms with E-state index in [1.807, 2.05) is 38.1 Å². The fourth-order valence-corrected chi connectivity index (χ4v) is 3.72. The maximum atomic E-state index is 11.8. The highest BCUT2D eigenvalue weighted by atomic mass is 32.1. The lowest BCUT2D eigenvalue weighted by Gasteiger charge is -2.33. The van der Waals surface area contributed by atoms with Crippen molar-refractivity contribution in [2.24, 2.45) is 0 Å². The van der Waals surface area contributed by atoms with E-state index in [0.717, 1.165) is 41.6 Å². The minimum absolute atomic E-state index is 0.210. The molecule has 1 aliphatic heterocycles. The third-order valence-corrected chi connectivity index (χ3v) is 5.19. The Hall–Kier alpha value is -2.12. The lowest BCUT2D eigenvalue weighted by atomic mass is 10.2. The largest absolute Gasteiger partial charge is 0.494 e. The molecule has 1 fully saturated rings. The Balaban J connectivity index is 1.53. The van der Waals surface area contributed by atoms with Crippen molar-refractivity contribution < 1.29 is 14.3 Å². The van der Waals surface area contributed by atoms with Crippen LogP contribution in [0, 0.1) is 0 Å². The standard InChI is InChI=1S/C19H25N3O3S/c1-3-24-17-7-5-15(6-8-17)18-20-16(14-26-18)13-21-9-11-22(12-10-21)19(23)25-4-2/h5-8,14H,3-4,9-13H2,1-2H3. The van der Waals surface area contributed by atoms with E-state index in [9.17, 15) is 4.79 Å². The normalized spacial score (nSPS) is 15.1. The van der Waals surface area contributed by atoms with E-state index in [-0.39, 0.29) is 6.09 Å². The van der Waals surface area contributed by atoms with Gasteiger partial charge < -0.3 is 14.4 Å². The minimum atomic E-state index is -0.210. The second-order valence-electron chi connectivity index (χ2n) is 6.06. The molecule has 6 nitrogen and oxygen atoms in total. The molecule has 1 aromatic heterocycles. The molecule has 3 rings (SSSR count). The van der Waals surface area contributed by atoms with Gasteiger partial charge in [-0.15, -0.1) is 11.3 Å². The molecular formula is C19H25N3O3S. The summed E-state index contributed by atoms with van der Waals surface area (Å²) < 4.78 is 10.5. The Bertz CT molecular complexity index is 709. The van der Waals surface area contributed by atoms with Gasteiger partial charge in [-0.1, -0.05) is 0 Å². The molecule has 0 radical (unpaired) electrons. The van der Waals surface area contributed by atoms with Crippen LogP contribution in [-0.4, -0.2) is 60.3 Å². The van der Waals surface area contributed by atoms with Crippen LogP contribution in [0.1, 0.15) is 19.5 Å². The van der Waals surface area contributed by atoms with Crippen molar-refractivity contribution in [2.45, 2.75) is 20.4 Å². The van der Waals surface area contributed by atoms with Crippen molar-refractivity contribution in [1.82, 2.24) is 14.8 Å². The third-order valence-electron chi connectivity index (χ3n) is 4.25. The molecule has 140 valence electrons. The fourth-order valence-electron chi connectivity index (χ4n) is 2.91. The van der Waals surface area contributed by atoms with Crippen LogP contribution in [0.15, 0.2) is 29.6 Å². The number of rotatable bonds is 6. The second kappa shape index (κ2) is 9.00. The van der Waals surface area contributed by atoms with Crippen molar-refractivity contribution in [3.05, 3.63) is 35.3 Å². The van der Waals surface area contributed by atoms with Crippen LogP contribution in [0.2, 0.25) is 0 Å². The molecular weight excluding hydrogens is 350 g/mol. The van der Waals surface area contributed by atoms with Gasteiger partial charge in [0.2, 0.25) is 0 Å². The van der Waals surface area contributed by atoms with Crippen molar-refractivity contribution in [3.63, 3.8) is 0 Å². The van der Waals surface area contributed by atoms with Gasteiger partial charge in [0.25, 0.3) is 0 Å². The molecule has 0 saturated carbocycles. The highest BCUT2D eigenvalue weighted by Gasteiger charge is 2.22. The molecule has 1 saturated heterocycles. The van der Waals surface area contributed by atoms with Gasteiger partial charge in [-0.3, -0.25) is 4.90 Å². The zero-order valence-electron chi connectivity index (χ0n) is 15.3. The highest BCUT2D eigenvalue weighted by Crippen LogP contribution is 2.26. The van der Waals surface area contributed by atoms with Crippen molar-refractivity contribution in [3.8, 4) is 16.3 Å².